The Hall–Kier alpha value is -3.26. The summed E-state index contributed by atoms with van der Waals surface area (Å²) in [6.07, 6.45) is 0.771. The van der Waals surface area contributed by atoms with E-state index in [0.29, 0.717) is 24.6 Å². The zero-order valence-corrected chi connectivity index (χ0v) is 25.6. The molecule has 2 aromatic carbocycles. The van der Waals surface area contributed by atoms with Crippen LogP contribution in [-0.2, 0) is 27.9 Å². The standard InChI is InChI=1S/C33H47N3O5/c1-21(2)28(20-35-14-13-33(7,22(3)18-35)25-9-8-10-26(37)17-25)34-30(39)29-16-23-11-12-27(38)15-24(23)19-36(29)31(40)41-32(4,5)6/h8-12,15,17,21-22,28-29,37-38H,13-14,16,18-20H2,1-7H3,(H,34,39). The van der Waals surface area contributed by atoms with E-state index in [1.807, 2.05) is 39.0 Å². The number of fused-ring (bicyclic) bond motifs is 1. The van der Waals surface area contributed by atoms with Crippen LogP contribution in [0.15, 0.2) is 42.5 Å². The monoisotopic (exact) mass is 565 g/mol. The van der Waals surface area contributed by atoms with Gasteiger partial charge in [-0.05, 0) is 91.9 Å². The molecule has 2 amide bonds. The van der Waals surface area contributed by atoms with Crippen molar-refractivity contribution in [3.8, 4) is 11.5 Å². The molecule has 2 aromatic rings. The fourth-order valence-electron chi connectivity index (χ4n) is 6.07. The molecule has 1 saturated heterocycles. The summed E-state index contributed by atoms with van der Waals surface area (Å²) in [7, 11) is 0. The lowest BCUT2D eigenvalue weighted by atomic mass is 9.68. The number of rotatable bonds is 6. The van der Waals surface area contributed by atoms with Crippen molar-refractivity contribution in [2.75, 3.05) is 19.6 Å². The van der Waals surface area contributed by atoms with Crippen molar-refractivity contribution >= 4 is 12.0 Å². The Labute approximate surface area is 244 Å². The van der Waals surface area contributed by atoms with Crippen molar-refractivity contribution in [1.82, 2.24) is 15.1 Å². The Kier molecular flexibility index (Phi) is 8.93. The van der Waals surface area contributed by atoms with E-state index in [1.165, 1.54) is 4.90 Å². The number of amides is 2. The molecule has 0 radical (unpaired) electrons. The van der Waals surface area contributed by atoms with Gasteiger partial charge in [-0.25, -0.2) is 4.79 Å². The van der Waals surface area contributed by atoms with Gasteiger partial charge in [0.05, 0.1) is 6.54 Å². The highest BCUT2D eigenvalue weighted by Gasteiger charge is 2.41. The fourth-order valence-corrected chi connectivity index (χ4v) is 6.07. The van der Waals surface area contributed by atoms with E-state index in [1.54, 1.807) is 18.2 Å². The quantitative estimate of drug-likeness (QED) is 0.445. The Balaban J connectivity index is 1.47. The molecule has 4 atom stereocenters. The number of phenols is 2. The van der Waals surface area contributed by atoms with Crippen LogP contribution in [0.1, 0.15) is 71.6 Å². The van der Waals surface area contributed by atoms with Crippen LogP contribution < -0.4 is 5.32 Å². The second-order valence-corrected chi connectivity index (χ2v) is 13.5. The first-order chi connectivity index (χ1) is 19.2. The van der Waals surface area contributed by atoms with Crippen molar-refractivity contribution in [2.45, 2.75) is 91.0 Å². The number of piperidine rings is 1. The molecule has 0 aromatic heterocycles. The molecular weight excluding hydrogens is 518 g/mol. The second-order valence-electron chi connectivity index (χ2n) is 13.5. The van der Waals surface area contributed by atoms with Gasteiger partial charge in [0.15, 0.2) is 0 Å². The number of likely N-dealkylation sites (tertiary alicyclic amines) is 1. The lowest BCUT2D eigenvalue weighted by molar-refractivity contribution is -0.128. The lowest BCUT2D eigenvalue weighted by Gasteiger charge is -2.46. The van der Waals surface area contributed by atoms with Crippen LogP contribution >= 0.6 is 0 Å². The molecule has 224 valence electrons. The number of ether oxygens (including phenoxy) is 1. The molecule has 3 N–H and O–H groups in total. The van der Waals surface area contributed by atoms with Gasteiger partial charge in [-0.15, -0.1) is 0 Å². The van der Waals surface area contributed by atoms with E-state index in [4.69, 9.17) is 4.74 Å². The smallest absolute Gasteiger partial charge is 0.411 e. The Morgan fingerprint density at radius 2 is 1.80 bits per heavy atom. The molecule has 8 nitrogen and oxygen atoms in total. The van der Waals surface area contributed by atoms with Crippen LogP contribution in [0.5, 0.6) is 11.5 Å². The van der Waals surface area contributed by atoms with Crippen molar-refractivity contribution in [1.29, 1.82) is 0 Å². The number of nitrogens with one attached hydrogen (secondary N) is 1. The summed E-state index contributed by atoms with van der Waals surface area (Å²) in [5, 5.41) is 23.3. The zero-order chi connectivity index (χ0) is 30.1. The van der Waals surface area contributed by atoms with Crippen molar-refractivity contribution in [2.24, 2.45) is 11.8 Å². The number of carbonyl (C=O) groups excluding carboxylic acids is 2. The number of carbonyl (C=O) groups is 2. The van der Waals surface area contributed by atoms with Crippen molar-refractivity contribution < 1.29 is 24.5 Å². The maximum Gasteiger partial charge on any atom is 0.411 e. The van der Waals surface area contributed by atoms with E-state index in [9.17, 15) is 19.8 Å². The van der Waals surface area contributed by atoms with Crippen molar-refractivity contribution in [3.63, 3.8) is 0 Å². The van der Waals surface area contributed by atoms with Crippen LogP contribution in [0.4, 0.5) is 4.79 Å². The van der Waals surface area contributed by atoms with Gasteiger partial charge in [-0.3, -0.25) is 9.69 Å². The minimum absolute atomic E-state index is 0.0380. The summed E-state index contributed by atoms with van der Waals surface area (Å²) in [6, 6.07) is 11.9. The summed E-state index contributed by atoms with van der Waals surface area (Å²) in [4.78, 5) is 31.0. The Morgan fingerprint density at radius 3 is 2.44 bits per heavy atom. The molecule has 1 fully saturated rings. The molecule has 4 rings (SSSR count). The normalized spacial score (nSPS) is 24.0. The molecule has 8 heteroatoms. The first kappa shape index (κ1) is 30.7. The van der Waals surface area contributed by atoms with Crippen LogP contribution in [0, 0.1) is 11.8 Å². The number of nitrogens with zero attached hydrogens (tertiary/aromatic N) is 2. The molecule has 41 heavy (non-hydrogen) atoms. The summed E-state index contributed by atoms with van der Waals surface area (Å²) in [5.74, 6) is 0.782. The minimum Gasteiger partial charge on any atom is -0.508 e. The van der Waals surface area contributed by atoms with Gasteiger partial charge < -0.3 is 25.2 Å². The number of hydrogen-bond donors (Lipinski definition) is 3. The number of hydrogen-bond acceptors (Lipinski definition) is 6. The number of phenolic OH excluding ortho intramolecular Hbond substituents is 2. The SMILES string of the molecule is CC(C)C(CN1CCC(C)(c2cccc(O)c2)C(C)C1)NC(=O)C1Cc2ccc(O)cc2CN1C(=O)OC(C)(C)C. The molecule has 0 aliphatic carbocycles. The van der Waals surface area contributed by atoms with E-state index < -0.39 is 17.7 Å². The van der Waals surface area contributed by atoms with Gasteiger partial charge >= 0.3 is 6.09 Å². The maximum absolute atomic E-state index is 13.8. The van der Waals surface area contributed by atoms with Crippen molar-refractivity contribution in [3.05, 3.63) is 59.2 Å². The molecule has 2 aliphatic rings. The first-order valence-electron chi connectivity index (χ1n) is 14.8. The average Bonchev–Trinajstić information content (AvgIpc) is 2.88. The topological polar surface area (TPSA) is 102 Å². The van der Waals surface area contributed by atoms with Gasteiger partial charge in [-0.1, -0.05) is 45.9 Å². The van der Waals surface area contributed by atoms with Crippen LogP contribution in [0.25, 0.3) is 0 Å². The largest absolute Gasteiger partial charge is 0.508 e. The van der Waals surface area contributed by atoms with E-state index in [0.717, 1.165) is 36.2 Å². The first-order valence-corrected chi connectivity index (χ1v) is 14.8. The zero-order valence-electron chi connectivity index (χ0n) is 25.6. The highest BCUT2D eigenvalue weighted by atomic mass is 16.6. The van der Waals surface area contributed by atoms with Crippen LogP contribution in [0.3, 0.4) is 0 Å². The third kappa shape index (κ3) is 7.15. The maximum atomic E-state index is 13.8. The Morgan fingerprint density at radius 1 is 1.10 bits per heavy atom. The van der Waals surface area contributed by atoms with Crippen LogP contribution in [-0.4, -0.2) is 69.3 Å². The van der Waals surface area contributed by atoms with E-state index in [2.05, 4.69) is 44.0 Å². The minimum atomic E-state index is -0.711. The molecule has 2 aliphatic heterocycles. The second kappa shape index (κ2) is 11.9. The Bertz CT molecular complexity index is 1260. The molecular formula is C33H47N3O5. The van der Waals surface area contributed by atoms with Gasteiger partial charge in [0, 0.05) is 25.6 Å². The third-order valence-corrected chi connectivity index (χ3v) is 8.91. The molecule has 0 bridgehead atoms. The van der Waals surface area contributed by atoms with E-state index in [-0.39, 0.29) is 35.6 Å². The summed E-state index contributed by atoms with van der Waals surface area (Å²) in [6.45, 7) is 16.9. The van der Waals surface area contributed by atoms with Gasteiger partial charge in [0.2, 0.25) is 5.91 Å². The van der Waals surface area contributed by atoms with Gasteiger partial charge in [0.25, 0.3) is 0 Å². The predicted molar refractivity (Wildman–Crippen MR) is 160 cm³/mol. The third-order valence-electron chi connectivity index (χ3n) is 8.91. The van der Waals surface area contributed by atoms with Gasteiger partial charge in [0.1, 0.15) is 23.1 Å². The number of aromatic hydroxyl groups is 2. The highest BCUT2D eigenvalue weighted by Crippen LogP contribution is 2.40. The van der Waals surface area contributed by atoms with Gasteiger partial charge in [-0.2, -0.15) is 0 Å². The summed E-state index contributed by atoms with van der Waals surface area (Å²) < 4.78 is 5.67. The fraction of sp³-hybridized carbons (Fsp3) is 0.576. The average molecular weight is 566 g/mol. The summed E-state index contributed by atoms with van der Waals surface area (Å²) in [5.41, 5.74) is 2.18. The highest BCUT2D eigenvalue weighted by molar-refractivity contribution is 5.87. The molecule has 2 heterocycles. The molecule has 0 spiro atoms. The predicted octanol–water partition coefficient (Wildman–Crippen LogP) is 5.20. The molecule has 0 saturated carbocycles. The molecule has 4 unspecified atom stereocenters. The summed E-state index contributed by atoms with van der Waals surface area (Å²) >= 11 is 0. The van der Waals surface area contributed by atoms with E-state index >= 15 is 0 Å². The van der Waals surface area contributed by atoms with Crippen LogP contribution in [0.2, 0.25) is 0 Å². The lowest BCUT2D eigenvalue weighted by Crippen LogP contribution is -2.58. The number of benzene rings is 2.